The lowest BCUT2D eigenvalue weighted by molar-refractivity contribution is 0.0529. The largest absolute Gasteiger partial charge is 0.375 e. The number of alkyl halides is 1. The zero-order valence-electron chi connectivity index (χ0n) is 8.82. The Morgan fingerprint density at radius 3 is 3.20 bits per heavy atom. The van der Waals surface area contributed by atoms with Crippen molar-refractivity contribution >= 4 is 17.4 Å². The third-order valence-electron chi connectivity index (χ3n) is 2.49. The third-order valence-corrected chi connectivity index (χ3v) is 2.77. The molecule has 0 amide bonds. The van der Waals surface area contributed by atoms with E-state index in [4.69, 9.17) is 16.3 Å². The maximum Gasteiger partial charge on any atom is 0.129 e. The standard InChI is InChI=1S/C11H15ClN2O/c1-9-8-14(5-6-15-9)11-4-2-3-10(7-12)13-11/h2-4,9H,5-8H2,1H3. The van der Waals surface area contributed by atoms with Crippen LogP contribution in [-0.2, 0) is 10.6 Å². The molecule has 15 heavy (non-hydrogen) atoms. The molecule has 1 aromatic heterocycles. The average Bonchev–Trinajstić information content (AvgIpc) is 2.29. The summed E-state index contributed by atoms with van der Waals surface area (Å²) in [6, 6.07) is 5.97. The zero-order valence-corrected chi connectivity index (χ0v) is 9.57. The van der Waals surface area contributed by atoms with Gasteiger partial charge in [-0.2, -0.15) is 0 Å². The van der Waals surface area contributed by atoms with E-state index in [1.165, 1.54) is 0 Å². The predicted octanol–water partition coefficient (Wildman–Crippen LogP) is 2.05. The van der Waals surface area contributed by atoms with E-state index in [2.05, 4.69) is 16.8 Å². The first-order valence-electron chi connectivity index (χ1n) is 5.18. The van der Waals surface area contributed by atoms with Crippen LogP contribution >= 0.6 is 11.6 Å². The van der Waals surface area contributed by atoms with Crippen molar-refractivity contribution in [2.45, 2.75) is 18.9 Å². The number of pyridine rings is 1. The monoisotopic (exact) mass is 226 g/mol. The van der Waals surface area contributed by atoms with Gasteiger partial charge in [0, 0.05) is 13.1 Å². The number of anilines is 1. The number of nitrogens with zero attached hydrogens (tertiary/aromatic N) is 2. The average molecular weight is 227 g/mol. The molecule has 2 rings (SSSR count). The molecule has 2 heterocycles. The van der Waals surface area contributed by atoms with E-state index in [9.17, 15) is 0 Å². The molecule has 0 aromatic carbocycles. The molecular weight excluding hydrogens is 212 g/mol. The van der Waals surface area contributed by atoms with Crippen LogP contribution in [0.5, 0.6) is 0 Å². The molecule has 1 aliphatic rings. The maximum atomic E-state index is 5.76. The fraction of sp³-hybridized carbons (Fsp3) is 0.545. The van der Waals surface area contributed by atoms with E-state index < -0.39 is 0 Å². The summed E-state index contributed by atoms with van der Waals surface area (Å²) in [5.74, 6) is 1.47. The third kappa shape index (κ3) is 2.61. The first-order valence-corrected chi connectivity index (χ1v) is 5.71. The van der Waals surface area contributed by atoms with E-state index in [-0.39, 0.29) is 6.10 Å². The summed E-state index contributed by atoms with van der Waals surface area (Å²) >= 11 is 5.76. The van der Waals surface area contributed by atoms with Crippen LogP contribution in [0.15, 0.2) is 18.2 Å². The highest BCUT2D eigenvalue weighted by molar-refractivity contribution is 6.16. The van der Waals surface area contributed by atoms with Gasteiger partial charge >= 0.3 is 0 Å². The minimum absolute atomic E-state index is 0.278. The Morgan fingerprint density at radius 1 is 1.60 bits per heavy atom. The van der Waals surface area contributed by atoms with Crippen molar-refractivity contribution in [2.75, 3.05) is 24.6 Å². The Kier molecular flexibility index (Phi) is 3.44. The van der Waals surface area contributed by atoms with Gasteiger partial charge in [-0.1, -0.05) is 6.07 Å². The number of halogens is 1. The molecule has 0 radical (unpaired) electrons. The Bertz CT molecular complexity index is 332. The molecular formula is C11H15ClN2O. The van der Waals surface area contributed by atoms with Crippen LogP contribution in [0.3, 0.4) is 0 Å². The van der Waals surface area contributed by atoms with E-state index >= 15 is 0 Å². The molecule has 4 heteroatoms. The summed E-state index contributed by atoms with van der Waals surface area (Å²) < 4.78 is 5.49. The molecule has 1 unspecified atom stereocenters. The van der Waals surface area contributed by atoms with Gasteiger partial charge in [-0.3, -0.25) is 0 Å². The van der Waals surface area contributed by atoms with Crippen molar-refractivity contribution in [3.8, 4) is 0 Å². The molecule has 0 aliphatic carbocycles. The Hall–Kier alpha value is -0.800. The Labute approximate surface area is 95.0 Å². The van der Waals surface area contributed by atoms with Crippen molar-refractivity contribution in [3.05, 3.63) is 23.9 Å². The summed E-state index contributed by atoms with van der Waals surface area (Å²) in [4.78, 5) is 6.73. The van der Waals surface area contributed by atoms with Gasteiger partial charge in [0.15, 0.2) is 0 Å². The van der Waals surface area contributed by atoms with E-state index in [0.29, 0.717) is 5.88 Å². The van der Waals surface area contributed by atoms with Crippen molar-refractivity contribution in [3.63, 3.8) is 0 Å². The summed E-state index contributed by atoms with van der Waals surface area (Å²) in [5, 5.41) is 0. The lowest BCUT2D eigenvalue weighted by atomic mass is 10.3. The number of morpholine rings is 1. The smallest absolute Gasteiger partial charge is 0.129 e. The van der Waals surface area contributed by atoms with E-state index in [1.54, 1.807) is 0 Å². The SMILES string of the molecule is CC1CN(c2cccc(CCl)n2)CCO1. The van der Waals surface area contributed by atoms with Crippen LogP contribution in [-0.4, -0.2) is 30.8 Å². The van der Waals surface area contributed by atoms with Gasteiger partial charge in [-0.25, -0.2) is 4.98 Å². The van der Waals surface area contributed by atoms with Crippen molar-refractivity contribution in [2.24, 2.45) is 0 Å². The highest BCUT2D eigenvalue weighted by atomic mass is 35.5. The van der Waals surface area contributed by atoms with Gasteiger partial charge in [-0.15, -0.1) is 11.6 Å². The Balaban J connectivity index is 2.13. The van der Waals surface area contributed by atoms with Crippen LogP contribution in [0.1, 0.15) is 12.6 Å². The normalized spacial score (nSPS) is 21.7. The maximum absolute atomic E-state index is 5.76. The lowest BCUT2D eigenvalue weighted by Gasteiger charge is -2.32. The molecule has 1 aliphatic heterocycles. The molecule has 82 valence electrons. The summed E-state index contributed by atoms with van der Waals surface area (Å²) in [6.07, 6.45) is 0.278. The molecule has 0 spiro atoms. The van der Waals surface area contributed by atoms with Gasteiger partial charge in [0.1, 0.15) is 5.82 Å². The van der Waals surface area contributed by atoms with Crippen LogP contribution < -0.4 is 4.90 Å². The van der Waals surface area contributed by atoms with Gasteiger partial charge in [-0.05, 0) is 19.1 Å². The molecule has 1 fully saturated rings. The fourth-order valence-electron chi connectivity index (χ4n) is 1.74. The van der Waals surface area contributed by atoms with Crippen molar-refractivity contribution < 1.29 is 4.74 Å². The summed E-state index contributed by atoms with van der Waals surface area (Å²) in [7, 11) is 0. The minimum Gasteiger partial charge on any atom is -0.375 e. The second-order valence-electron chi connectivity index (χ2n) is 3.75. The van der Waals surface area contributed by atoms with Crippen molar-refractivity contribution in [1.29, 1.82) is 0 Å². The van der Waals surface area contributed by atoms with E-state index in [1.807, 2.05) is 18.2 Å². The lowest BCUT2D eigenvalue weighted by Crippen LogP contribution is -2.41. The number of hydrogen-bond acceptors (Lipinski definition) is 3. The second kappa shape index (κ2) is 4.81. The summed E-state index contributed by atoms with van der Waals surface area (Å²) in [5.41, 5.74) is 0.924. The first-order chi connectivity index (χ1) is 7.29. The molecule has 0 N–H and O–H groups in total. The van der Waals surface area contributed by atoms with Gasteiger partial charge in [0.25, 0.3) is 0 Å². The van der Waals surface area contributed by atoms with Gasteiger partial charge in [0.05, 0.1) is 24.3 Å². The number of hydrogen-bond donors (Lipinski definition) is 0. The summed E-state index contributed by atoms with van der Waals surface area (Å²) in [6.45, 7) is 4.66. The topological polar surface area (TPSA) is 25.4 Å². The van der Waals surface area contributed by atoms with Gasteiger partial charge in [0.2, 0.25) is 0 Å². The molecule has 0 bridgehead atoms. The molecule has 1 aromatic rings. The first kappa shape index (κ1) is 10.7. The van der Waals surface area contributed by atoms with Crippen molar-refractivity contribution in [1.82, 2.24) is 4.98 Å². The van der Waals surface area contributed by atoms with Crippen LogP contribution in [0.2, 0.25) is 0 Å². The zero-order chi connectivity index (χ0) is 10.7. The minimum atomic E-state index is 0.278. The van der Waals surface area contributed by atoms with Crippen LogP contribution in [0.4, 0.5) is 5.82 Å². The number of aromatic nitrogens is 1. The van der Waals surface area contributed by atoms with E-state index in [0.717, 1.165) is 31.2 Å². The fourth-order valence-corrected chi connectivity index (χ4v) is 1.89. The molecule has 3 nitrogen and oxygen atoms in total. The highest BCUT2D eigenvalue weighted by Crippen LogP contribution is 2.16. The predicted molar refractivity (Wildman–Crippen MR) is 61.4 cm³/mol. The molecule has 0 saturated carbocycles. The van der Waals surface area contributed by atoms with Gasteiger partial charge < -0.3 is 9.64 Å². The molecule has 1 atom stereocenters. The number of rotatable bonds is 2. The van der Waals surface area contributed by atoms with Crippen LogP contribution in [0.25, 0.3) is 0 Å². The quantitative estimate of drug-likeness (QED) is 0.722. The molecule has 1 saturated heterocycles. The number of ether oxygens (including phenoxy) is 1. The highest BCUT2D eigenvalue weighted by Gasteiger charge is 2.17. The van der Waals surface area contributed by atoms with Crippen LogP contribution in [0, 0.1) is 0 Å². The Morgan fingerprint density at radius 2 is 2.47 bits per heavy atom. The second-order valence-corrected chi connectivity index (χ2v) is 4.02.